The van der Waals surface area contributed by atoms with Crippen LogP contribution >= 0.6 is 11.8 Å². The number of pyridine rings is 1. The van der Waals surface area contributed by atoms with Crippen LogP contribution in [0.5, 0.6) is 0 Å². The van der Waals surface area contributed by atoms with Gasteiger partial charge in [-0.1, -0.05) is 31.5 Å². The number of aryl methyl sites for hydroxylation is 4. The van der Waals surface area contributed by atoms with E-state index in [1.54, 1.807) is 0 Å². The first-order chi connectivity index (χ1) is 13.3. The van der Waals surface area contributed by atoms with Crippen molar-refractivity contribution in [1.82, 2.24) is 14.5 Å². The highest BCUT2D eigenvalue weighted by Crippen LogP contribution is 2.32. The molecule has 2 N–H and O–H groups in total. The maximum absolute atomic E-state index is 6.32. The van der Waals surface area contributed by atoms with Gasteiger partial charge in [-0.2, -0.15) is 0 Å². The Morgan fingerprint density at radius 1 is 1.11 bits per heavy atom. The van der Waals surface area contributed by atoms with Gasteiger partial charge in [-0.3, -0.25) is 0 Å². The van der Waals surface area contributed by atoms with Crippen molar-refractivity contribution in [3.05, 3.63) is 47.4 Å². The number of nitrogen functional groups attached to an aromatic ring is 1. The summed E-state index contributed by atoms with van der Waals surface area (Å²) < 4.78 is 2.45. The zero-order valence-electron chi connectivity index (χ0n) is 16.1. The number of nitrogens with two attached hydrogens (primary N) is 1. The third kappa shape index (κ3) is 3.84. The number of unbranched alkanes of at least 4 members (excludes halogenated alkanes) is 1. The average molecular weight is 381 g/mol. The predicted molar refractivity (Wildman–Crippen MR) is 114 cm³/mol. The van der Waals surface area contributed by atoms with E-state index in [1.807, 2.05) is 11.8 Å². The molecule has 0 unspecified atom stereocenters. The number of benzene rings is 1. The van der Waals surface area contributed by atoms with E-state index in [4.69, 9.17) is 15.7 Å². The van der Waals surface area contributed by atoms with Crippen LogP contribution in [0.4, 0.5) is 5.82 Å². The van der Waals surface area contributed by atoms with Crippen LogP contribution in [0, 0.1) is 0 Å². The highest BCUT2D eigenvalue weighted by Gasteiger charge is 2.22. The molecular formula is C22H28N4S. The van der Waals surface area contributed by atoms with Crippen LogP contribution in [0.25, 0.3) is 11.0 Å². The van der Waals surface area contributed by atoms with E-state index >= 15 is 0 Å². The molecule has 1 aromatic carbocycles. The Balaban J connectivity index is 1.70. The third-order valence-electron chi connectivity index (χ3n) is 5.35. The second kappa shape index (κ2) is 8.34. The Bertz CT molecular complexity index is 917. The summed E-state index contributed by atoms with van der Waals surface area (Å²) in [5.41, 5.74) is 11.1. The summed E-state index contributed by atoms with van der Waals surface area (Å²) in [6.45, 7) is 3.20. The SMILES string of the molecule is CCCCc1nc2c(N)nc3c(c2n1CCSc1ccccc1)CCCC3. The van der Waals surface area contributed by atoms with E-state index in [2.05, 4.69) is 41.8 Å². The fraction of sp³-hybridized carbons (Fsp3) is 0.455. The molecule has 0 bridgehead atoms. The molecule has 5 heteroatoms. The molecule has 0 amide bonds. The highest BCUT2D eigenvalue weighted by atomic mass is 32.2. The fourth-order valence-electron chi connectivity index (χ4n) is 3.99. The van der Waals surface area contributed by atoms with Gasteiger partial charge in [0.15, 0.2) is 5.82 Å². The van der Waals surface area contributed by atoms with Crippen LogP contribution in [0.15, 0.2) is 35.2 Å². The average Bonchev–Trinajstić information content (AvgIpc) is 3.07. The molecule has 1 aliphatic carbocycles. The summed E-state index contributed by atoms with van der Waals surface area (Å²) in [6, 6.07) is 10.6. The van der Waals surface area contributed by atoms with Gasteiger partial charge in [-0.15, -0.1) is 11.8 Å². The van der Waals surface area contributed by atoms with E-state index < -0.39 is 0 Å². The first-order valence-electron chi connectivity index (χ1n) is 10.1. The van der Waals surface area contributed by atoms with Crippen LogP contribution in [-0.2, 0) is 25.8 Å². The van der Waals surface area contributed by atoms with E-state index in [1.165, 1.54) is 46.8 Å². The topological polar surface area (TPSA) is 56.7 Å². The summed E-state index contributed by atoms with van der Waals surface area (Å²) >= 11 is 1.91. The zero-order chi connectivity index (χ0) is 18.6. The van der Waals surface area contributed by atoms with Gasteiger partial charge in [-0.05, 0) is 49.8 Å². The van der Waals surface area contributed by atoms with E-state index in [0.29, 0.717) is 5.82 Å². The minimum absolute atomic E-state index is 0.609. The molecule has 0 fully saturated rings. The molecule has 2 aromatic heterocycles. The minimum Gasteiger partial charge on any atom is -0.382 e. The Hall–Kier alpha value is -2.01. The molecule has 0 saturated heterocycles. The predicted octanol–water partition coefficient (Wildman–Crippen LogP) is 5.03. The van der Waals surface area contributed by atoms with Crippen molar-refractivity contribution in [2.45, 2.75) is 63.3 Å². The number of thioether (sulfide) groups is 1. The van der Waals surface area contributed by atoms with Gasteiger partial charge in [0.1, 0.15) is 11.3 Å². The minimum atomic E-state index is 0.609. The molecule has 0 spiro atoms. The number of imidazole rings is 1. The van der Waals surface area contributed by atoms with Crippen LogP contribution in [-0.4, -0.2) is 20.3 Å². The molecule has 0 aliphatic heterocycles. The molecular weight excluding hydrogens is 352 g/mol. The van der Waals surface area contributed by atoms with Crippen molar-refractivity contribution in [3.8, 4) is 0 Å². The fourth-order valence-corrected chi connectivity index (χ4v) is 4.85. The van der Waals surface area contributed by atoms with Crippen molar-refractivity contribution < 1.29 is 0 Å². The Morgan fingerprint density at radius 3 is 2.74 bits per heavy atom. The van der Waals surface area contributed by atoms with Gasteiger partial charge >= 0.3 is 0 Å². The summed E-state index contributed by atoms with van der Waals surface area (Å²) in [7, 11) is 0. The number of rotatable bonds is 7. The Kier molecular flexibility index (Phi) is 5.67. The summed E-state index contributed by atoms with van der Waals surface area (Å²) in [6.07, 6.45) is 7.94. The van der Waals surface area contributed by atoms with Gasteiger partial charge in [0.2, 0.25) is 0 Å². The smallest absolute Gasteiger partial charge is 0.151 e. The van der Waals surface area contributed by atoms with E-state index in [0.717, 1.165) is 43.5 Å². The maximum Gasteiger partial charge on any atom is 0.151 e. The number of hydrogen-bond donors (Lipinski definition) is 1. The van der Waals surface area contributed by atoms with Crippen molar-refractivity contribution in [1.29, 1.82) is 0 Å². The monoisotopic (exact) mass is 380 g/mol. The number of nitrogens with zero attached hydrogens (tertiary/aromatic N) is 3. The number of aromatic nitrogens is 3. The van der Waals surface area contributed by atoms with Crippen molar-refractivity contribution in [3.63, 3.8) is 0 Å². The highest BCUT2D eigenvalue weighted by molar-refractivity contribution is 7.99. The molecule has 3 aromatic rings. The number of fused-ring (bicyclic) bond motifs is 3. The molecule has 2 heterocycles. The van der Waals surface area contributed by atoms with Gasteiger partial charge in [0, 0.05) is 29.3 Å². The van der Waals surface area contributed by atoms with Crippen LogP contribution < -0.4 is 5.73 Å². The summed E-state index contributed by atoms with van der Waals surface area (Å²) in [5, 5.41) is 0. The molecule has 0 atom stereocenters. The standard InChI is InChI=1S/C22H28N4S/c1-2-3-13-19-25-20-21(17-11-7-8-12-18(17)24-22(20)23)26(19)14-15-27-16-9-5-4-6-10-16/h4-6,9-10H,2-3,7-8,11-15H2,1H3,(H2,23,24). The Morgan fingerprint density at radius 2 is 1.93 bits per heavy atom. The van der Waals surface area contributed by atoms with Crippen LogP contribution in [0.3, 0.4) is 0 Å². The lowest BCUT2D eigenvalue weighted by Crippen LogP contribution is -2.12. The lowest BCUT2D eigenvalue weighted by atomic mass is 9.95. The number of hydrogen-bond acceptors (Lipinski definition) is 4. The first-order valence-corrected chi connectivity index (χ1v) is 11.1. The van der Waals surface area contributed by atoms with Gasteiger partial charge in [-0.25, -0.2) is 9.97 Å². The largest absolute Gasteiger partial charge is 0.382 e. The van der Waals surface area contributed by atoms with E-state index in [-0.39, 0.29) is 0 Å². The Labute approximate surface area is 165 Å². The molecule has 4 rings (SSSR count). The van der Waals surface area contributed by atoms with Crippen LogP contribution in [0.1, 0.15) is 49.7 Å². The molecule has 0 saturated carbocycles. The third-order valence-corrected chi connectivity index (χ3v) is 6.34. The van der Waals surface area contributed by atoms with Gasteiger partial charge in [0.05, 0.1) is 5.52 Å². The normalized spacial score (nSPS) is 13.8. The second-order valence-corrected chi connectivity index (χ2v) is 8.44. The van der Waals surface area contributed by atoms with Gasteiger partial charge < -0.3 is 10.3 Å². The van der Waals surface area contributed by atoms with E-state index in [9.17, 15) is 0 Å². The van der Waals surface area contributed by atoms with Crippen molar-refractivity contribution in [2.24, 2.45) is 0 Å². The lowest BCUT2D eigenvalue weighted by Gasteiger charge is -2.18. The zero-order valence-corrected chi connectivity index (χ0v) is 16.9. The molecule has 0 radical (unpaired) electrons. The summed E-state index contributed by atoms with van der Waals surface area (Å²) in [5.74, 6) is 2.82. The summed E-state index contributed by atoms with van der Waals surface area (Å²) in [4.78, 5) is 11.0. The molecule has 27 heavy (non-hydrogen) atoms. The molecule has 142 valence electrons. The first kappa shape index (κ1) is 18.4. The van der Waals surface area contributed by atoms with Crippen molar-refractivity contribution >= 4 is 28.6 Å². The molecule has 1 aliphatic rings. The number of anilines is 1. The lowest BCUT2D eigenvalue weighted by molar-refractivity contribution is 0.656. The quantitative estimate of drug-likeness (QED) is 0.584. The van der Waals surface area contributed by atoms with Gasteiger partial charge in [0.25, 0.3) is 0 Å². The second-order valence-electron chi connectivity index (χ2n) is 7.27. The van der Waals surface area contributed by atoms with Crippen LogP contribution in [0.2, 0.25) is 0 Å². The van der Waals surface area contributed by atoms with Crippen molar-refractivity contribution in [2.75, 3.05) is 11.5 Å². The molecule has 4 nitrogen and oxygen atoms in total. The maximum atomic E-state index is 6.32.